The molecule has 1 fully saturated rings. The number of nitrogens with one attached hydrogen (secondary N) is 2. The number of carbonyl (C=O) groups is 2. The van der Waals surface area contributed by atoms with E-state index in [2.05, 4.69) is 15.5 Å². The van der Waals surface area contributed by atoms with Crippen molar-refractivity contribution in [2.75, 3.05) is 26.7 Å². The molecule has 2 unspecified atom stereocenters. The molecular formula is C11H21N3O4. The van der Waals surface area contributed by atoms with Crippen molar-refractivity contribution in [2.45, 2.75) is 31.4 Å². The predicted molar refractivity (Wildman–Crippen MR) is 65.3 cm³/mol. The number of aliphatic hydroxyl groups excluding tert-OH is 1. The quantitative estimate of drug-likeness (QED) is 0.518. The molecule has 4 N–H and O–H groups in total. The molecule has 1 rings (SSSR count). The summed E-state index contributed by atoms with van der Waals surface area (Å²) in [7, 11) is 2.03. The summed E-state index contributed by atoms with van der Waals surface area (Å²) < 4.78 is 0. The molecule has 0 spiro atoms. The van der Waals surface area contributed by atoms with Gasteiger partial charge in [0.2, 0.25) is 0 Å². The summed E-state index contributed by atoms with van der Waals surface area (Å²) in [4.78, 5) is 23.9. The summed E-state index contributed by atoms with van der Waals surface area (Å²) in [6.07, 6.45) is 1.84. The topological polar surface area (TPSA) is 102 Å². The maximum atomic E-state index is 11.4. The average molecular weight is 259 g/mol. The number of piperidine rings is 1. The number of aliphatic hydroxyl groups is 1. The Balaban J connectivity index is 2.18. The molecule has 0 saturated carbocycles. The van der Waals surface area contributed by atoms with Gasteiger partial charge < -0.3 is 25.7 Å². The first-order valence-corrected chi connectivity index (χ1v) is 6.13. The number of likely N-dealkylation sites (N-methyl/N-ethyl adjacent to an activating group) is 1. The molecule has 0 aromatic carbocycles. The first kappa shape index (κ1) is 14.7. The Bertz CT molecular complexity index is 298. The lowest BCUT2D eigenvalue weighted by Gasteiger charge is -2.32. The van der Waals surface area contributed by atoms with E-state index in [4.69, 9.17) is 10.2 Å². The molecule has 7 heteroatoms. The summed E-state index contributed by atoms with van der Waals surface area (Å²) in [5, 5.41) is 22.4. The number of carboxylic acids is 1. The zero-order chi connectivity index (χ0) is 13.5. The molecule has 1 aliphatic rings. The van der Waals surface area contributed by atoms with E-state index < -0.39 is 18.1 Å². The van der Waals surface area contributed by atoms with Crippen LogP contribution in [0.3, 0.4) is 0 Å². The highest BCUT2D eigenvalue weighted by atomic mass is 16.4. The van der Waals surface area contributed by atoms with Gasteiger partial charge in [0.05, 0.1) is 6.54 Å². The Hall–Kier alpha value is -1.34. The van der Waals surface area contributed by atoms with Crippen LogP contribution in [0.25, 0.3) is 0 Å². The Morgan fingerprint density at radius 3 is 2.72 bits per heavy atom. The van der Waals surface area contributed by atoms with Crippen molar-refractivity contribution in [1.29, 1.82) is 0 Å². The van der Waals surface area contributed by atoms with Crippen molar-refractivity contribution in [3.05, 3.63) is 0 Å². The normalized spacial score (nSPS) is 22.2. The zero-order valence-corrected chi connectivity index (χ0v) is 10.6. The number of aliphatic carboxylic acids is 1. The molecule has 0 bridgehead atoms. The van der Waals surface area contributed by atoms with Crippen LogP contribution >= 0.6 is 0 Å². The summed E-state index contributed by atoms with van der Waals surface area (Å²) in [6, 6.07) is -0.122. The first-order valence-electron chi connectivity index (χ1n) is 6.13. The molecule has 0 aromatic rings. The molecule has 18 heavy (non-hydrogen) atoms. The molecular weight excluding hydrogens is 238 g/mol. The second kappa shape index (κ2) is 7.17. The zero-order valence-electron chi connectivity index (χ0n) is 10.6. The maximum Gasteiger partial charge on any atom is 0.334 e. The highest BCUT2D eigenvalue weighted by Gasteiger charge is 2.19. The van der Waals surface area contributed by atoms with E-state index >= 15 is 0 Å². The van der Waals surface area contributed by atoms with E-state index in [1.807, 2.05) is 7.05 Å². The van der Waals surface area contributed by atoms with Gasteiger partial charge in [0.15, 0.2) is 6.10 Å². The van der Waals surface area contributed by atoms with Crippen molar-refractivity contribution in [2.24, 2.45) is 0 Å². The second-order valence-electron chi connectivity index (χ2n) is 4.58. The lowest BCUT2D eigenvalue weighted by molar-refractivity contribution is -0.146. The minimum Gasteiger partial charge on any atom is -0.479 e. The van der Waals surface area contributed by atoms with Gasteiger partial charge in [-0.15, -0.1) is 0 Å². The number of nitrogens with zero attached hydrogens (tertiary/aromatic N) is 1. The third-order valence-corrected chi connectivity index (χ3v) is 3.16. The minimum absolute atomic E-state index is 0.290. The highest BCUT2D eigenvalue weighted by Crippen LogP contribution is 2.13. The number of carbonyl (C=O) groups excluding carboxylic acids is 1. The largest absolute Gasteiger partial charge is 0.479 e. The maximum absolute atomic E-state index is 11.4. The summed E-state index contributed by atoms with van der Waals surface area (Å²) in [6.45, 7) is 1.28. The predicted octanol–water partition coefficient (Wildman–Crippen LogP) is -0.785. The number of urea groups is 1. The SMILES string of the molecule is CN1CCCCC1CNC(=O)NCC(O)C(=O)O. The Morgan fingerprint density at radius 1 is 1.39 bits per heavy atom. The van der Waals surface area contributed by atoms with E-state index in [1.165, 1.54) is 6.42 Å². The van der Waals surface area contributed by atoms with E-state index in [0.29, 0.717) is 12.6 Å². The highest BCUT2D eigenvalue weighted by molar-refractivity contribution is 5.76. The fourth-order valence-corrected chi connectivity index (χ4v) is 1.95. The lowest BCUT2D eigenvalue weighted by Crippen LogP contribution is -2.48. The van der Waals surface area contributed by atoms with E-state index in [-0.39, 0.29) is 6.54 Å². The monoisotopic (exact) mass is 259 g/mol. The van der Waals surface area contributed by atoms with Crippen LogP contribution in [0.4, 0.5) is 4.79 Å². The van der Waals surface area contributed by atoms with Gasteiger partial charge in [-0.2, -0.15) is 0 Å². The van der Waals surface area contributed by atoms with Crippen molar-refractivity contribution in [3.8, 4) is 0 Å². The second-order valence-corrected chi connectivity index (χ2v) is 4.58. The average Bonchev–Trinajstić information content (AvgIpc) is 2.34. The summed E-state index contributed by atoms with van der Waals surface area (Å²) >= 11 is 0. The third-order valence-electron chi connectivity index (χ3n) is 3.16. The third kappa shape index (κ3) is 4.89. The molecule has 1 saturated heterocycles. The van der Waals surface area contributed by atoms with Gasteiger partial charge in [0, 0.05) is 12.6 Å². The van der Waals surface area contributed by atoms with Crippen LogP contribution < -0.4 is 10.6 Å². The fraction of sp³-hybridized carbons (Fsp3) is 0.818. The van der Waals surface area contributed by atoms with E-state index in [0.717, 1.165) is 19.4 Å². The van der Waals surface area contributed by atoms with Gasteiger partial charge in [-0.25, -0.2) is 9.59 Å². The van der Waals surface area contributed by atoms with Crippen LogP contribution in [-0.4, -0.2) is 65.9 Å². The van der Waals surface area contributed by atoms with Crippen molar-refractivity contribution >= 4 is 12.0 Å². The summed E-state index contributed by atoms with van der Waals surface area (Å²) in [5.41, 5.74) is 0. The smallest absolute Gasteiger partial charge is 0.334 e. The van der Waals surface area contributed by atoms with Crippen LogP contribution in [-0.2, 0) is 4.79 Å². The molecule has 0 aromatic heterocycles. The lowest BCUT2D eigenvalue weighted by atomic mass is 10.0. The van der Waals surface area contributed by atoms with Gasteiger partial charge in [0.1, 0.15) is 0 Å². The molecule has 1 aliphatic heterocycles. The minimum atomic E-state index is -1.56. The Morgan fingerprint density at radius 2 is 2.11 bits per heavy atom. The number of likely N-dealkylation sites (tertiary alicyclic amines) is 1. The Labute approximate surface area is 106 Å². The summed E-state index contributed by atoms with van der Waals surface area (Å²) in [5.74, 6) is -1.35. The Kier molecular flexibility index (Phi) is 5.87. The number of hydrogen-bond donors (Lipinski definition) is 4. The molecule has 2 amide bonds. The number of hydrogen-bond acceptors (Lipinski definition) is 4. The van der Waals surface area contributed by atoms with Gasteiger partial charge in [-0.3, -0.25) is 0 Å². The standard InChI is InChI=1S/C11H21N3O4/c1-14-5-3-2-4-8(14)6-12-11(18)13-7-9(15)10(16)17/h8-9,15H,2-7H2,1H3,(H,16,17)(H2,12,13,18). The molecule has 1 heterocycles. The van der Waals surface area contributed by atoms with Crippen LogP contribution in [0.1, 0.15) is 19.3 Å². The van der Waals surface area contributed by atoms with E-state index in [1.54, 1.807) is 0 Å². The van der Waals surface area contributed by atoms with Gasteiger partial charge in [-0.1, -0.05) is 6.42 Å². The van der Waals surface area contributed by atoms with Crippen LogP contribution in [0.5, 0.6) is 0 Å². The van der Waals surface area contributed by atoms with Crippen molar-refractivity contribution in [3.63, 3.8) is 0 Å². The van der Waals surface area contributed by atoms with Gasteiger partial charge in [0.25, 0.3) is 0 Å². The first-order chi connectivity index (χ1) is 8.50. The molecule has 0 aliphatic carbocycles. The van der Waals surface area contributed by atoms with Gasteiger partial charge in [-0.05, 0) is 26.4 Å². The van der Waals surface area contributed by atoms with E-state index in [9.17, 15) is 9.59 Å². The van der Waals surface area contributed by atoms with Crippen molar-refractivity contribution < 1.29 is 19.8 Å². The van der Waals surface area contributed by atoms with Crippen LogP contribution in [0.15, 0.2) is 0 Å². The van der Waals surface area contributed by atoms with Crippen molar-refractivity contribution in [1.82, 2.24) is 15.5 Å². The number of carboxylic acid groups (broad SMARTS) is 1. The molecule has 7 nitrogen and oxygen atoms in total. The number of amides is 2. The molecule has 2 atom stereocenters. The fourth-order valence-electron chi connectivity index (χ4n) is 1.95. The number of rotatable bonds is 5. The molecule has 104 valence electrons. The van der Waals surface area contributed by atoms with Gasteiger partial charge >= 0.3 is 12.0 Å². The molecule has 0 radical (unpaired) electrons. The van der Waals surface area contributed by atoms with Crippen LogP contribution in [0, 0.1) is 0 Å². The van der Waals surface area contributed by atoms with Crippen LogP contribution in [0.2, 0.25) is 0 Å².